The van der Waals surface area contributed by atoms with Crippen LogP contribution in [0, 0.1) is 19.3 Å². The fraction of sp³-hybridized carbons (Fsp3) is 0.562. The third kappa shape index (κ3) is 2.46. The maximum absolute atomic E-state index is 12.0. The van der Waals surface area contributed by atoms with E-state index >= 15 is 0 Å². The summed E-state index contributed by atoms with van der Waals surface area (Å²) in [5, 5.41) is 0. The number of rotatable bonds is 4. The van der Waals surface area contributed by atoms with Crippen LogP contribution in [0.1, 0.15) is 36.0 Å². The van der Waals surface area contributed by atoms with E-state index in [9.17, 15) is 4.79 Å². The molecular weight excluding hydrogens is 240 g/mol. The van der Waals surface area contributed by atoms with Crippen molar-refractivity contribution in [1.29, 1.82) is 0 Å². The zero-order valence-corrected chi connectivity index (χ0v) is 12.2. The van der Waals surface area contributed by atoms with Gasteiger partial charge in [-0.3, -0.25) is 4.79 Å². The molecule has 3 nitrogen and oxygen atoms in total. The van der Waals surface area contributed by atoms with Crippen molar-refractivity contribution in [3.8, 4) is 5.75 Å². The van der Waals surface area contributed by atoms with Gasteiger partial charge in [0.1, 0.15) is 5.75 Å². The van der Waals surface area contributed by atoms with Crippen molar-refractivity contribution in [2.75, 3.05) is 14.2 Å². The van der Waals surface area contributed by atoms with Crippen molar-refractivity contribution in [1.82, 2.24) is 0 Å². The molecule has 0 saturated heterocycles. The van der Waals surface area contributed by atoms with Crippen LogP contribution in [0.25, 0.3) is 0 Å². The molecule has 0 heterocycles. The highest BCUT2D eigenvalue weighted by molar-refractivity contribution is 5.78. The Morgan fingerprint density at radius 2 is 1.95 bits per heavy atom. The normalized spacial score (nSPS) is 16.6. The molecule has 0 radical (unpaired) electrons. The maximum atomic E-state index is 12.0. The van der Waals surface area contributed by atoms with Crippen molar-refractivity contribution in [2.24, 2.45) is 5.41 Å². The van der Waals surface area contributed by atoms with E-state index in [4.69, 9.17) is 9.47 Å². The smallest absolute Gasteiger partial charge is 0.312 e. The zero-order valence-electron chi connectivity index (χ0n) is 12.2. The van der Waals surface area contributed by atoms with Gasteiger partial charge in [0.15, 0.2) is 0 Å². The number of esters is 1. The molecule has 1 aliphatic rings. The molecule has 104 valence electrons. The van der Waals surface area contributed by atoms with Crippen LogP contribution in [-0.4, -0.2) is 20.2 Å². The molecule has 0 atom stereocenters. The first-order chi connectivity index (χ1) is 9.02. The van der Waals surface area contributed by atoms with Crippen LogP contribution in [-0.2, 0) is 16.0 Å². The Bertz CT molecular complexity index is 487. The molecule has 2 rings (SSSR count). The van der Waals surface area contributed by atoms with E-state index in [0.717, 1.165) is 37.0 Å². The fourth-order valence-corrected chi connectivity index (χ4v) is 2.98. The van der Waals surface area contributed by atoms with E-state index < -0.39 is 0 Å². The fourth-order valence-electron chi connectivity index (χ4n) is 2.98. The van der Waals surface area contributed by atoms with Gasteiger partial charge in [0.05, 0.1) is 19.6 Å². The standard InChI is InChI=1S/C16H22O3/c1-11-8-12(2)13(14(9-11)18-3)10-16(6-5-7-16)15(17)19-4/h8-9H,5-7,10H2,1-4H3. The number of carbonyl (C=O) groups excluding carboxylic acids is 1. The van der Waals surface area contributed by atoms with E-state index in [1.807, 2.05) is 6.07 Å². The van der Waals surface area contributed by atoms with Crippen LogP contribution in [0.4, 0.5) is 0 Å². The Morgan fingerprint density at radius 3 is 2.42 bits per heavy atom. The van der Waals surface area contributed by atoms with Crippen molar-refractivity contribution in [3.63, 3.8) is 0 Å². The topological polar surface area (TPSA) is 35.5 Å². The first-order valence-corrected chi connectivity index (χ1v) is 6.75. The van der Waals surface area contributed by atoms with E-state index in [2.05, 4.69) is 19.9 Å². The Labute approximate surface area is 114 Å². The summed E-state index contributed by atoms with van der Waals surface area (Å²) in [4.78, 5) is 12.0. The molecule has 1 aromatic carbocycles. The average molecular weight is 262 g/mol. The summed E-state index contributed by atoms with van der Waals surface area (Å²) in [6.07, 6.45) is 3.64. The van der Waals surface area contributed by atoms with E-state index in [1.54, 1.807) is 7.11 Å². The summed E-state index contributed by atoms with van der Waals surface area (Å²) in [6.45, 7) is 4.13. The van der Waals surface area contributed by atoms with E-state index in [0.29, 0.717) is 0 Å². The summed E-state index contributed by atoms with van der Waals surface area (Å²) < 4.78 is 10.5. The Balaban J connectivity index is 2.35. The molecule has 1 fully saturated rings. The summed E-state index contributed by atoms with van der Waals surface area (Å²) in [5.74, 6) is 0.799. The van der Waals surface area contributed by atoms with E-state index in [-0.39, 0.29) is 11.4 Å². The largest absolute Gasteiger partial charge is 0.496 e. The lowest BCUT2D eigenvalue weighted by Gasteiger charge is -2.39. The minimum Gasteiger partial charge on any atom is -0.496 e. The minimum absolute atomic E-state index is 0.0826. The molecule has 0 aliphatic heterocycles. The van der Waals surface area contributed by atoms with Gasteiger partial charge in [-0.25, -0.2) is 0 Å². The lowest BCUT2D eigenvalue weighted by molar-refractivity contribution is -0.158. The average Bonchev–Trinajstić information content (AvgIpc) is 2.34. The predicted octanol–water partition coefficient (Wildman–Crippen LogP) is 3.20. The second-order valence-corrected chi connectivity index (χ2v) is 5.56. The number of benzene rings is 1. The molecule has 3 heteroatoms. The first-order valence-electron chi connectivity index (χ1n) is 6.75. The Morgan fingerprint density at radius 1 is 1.26 bits per heavy atom. The molecule has 0 aromatic heterocycles. The zero-order chi connectivity index (χ0) is 14.0. The van der Waals surface area contributed by atoms with Crippen molar-refractivity contribution in [2.45, 2.75) is 39.5 Å². The van der Waals surface area contributed by atoms with Gasteiger partial charge in [0.25, 0.3) is 0 Å². The van der Waals surface area contributed by atoms with Crippen molar-refractivity contribution in [3.05, 3.63) is 28.8 Å². The second kappa shape index (κ2) is 5.24. The number of carbonyl (C=O) groups is 1. The number of hydrogen-bond acceptors (Lipinski definition) is 3. The highest BCUT2D eigenvalue weighted by Gasteiger charge is 2.45. The third-order valence-electron chi connectivity index (χ3n) is 4.24. The SMILES string of the molecule is COC(=O)C1(Cc2c(C)cc(C)cc2OC)CCC1. The van der Waals surface area contributed by atoms with Crippen LogP contribution in [0.5, 0.6) is 5.75 Å². The van der Waals surface area contributed by atoms with Crippen LogP contribution in [0.2, 0.25) is 0 Å². The highest BCUT2D eigenvalue weighted by atomic mass is 16.5. The summed E-state index contributed by atoms with van der Waals surface area (Å²) >= 11 is 0. The molecule has 1 saturated carbocycles. The summed E-state index contributed by atoms with van der Waals surface area (Å²) in [7, 11) is 3.16. The van der Waals surface area contributed by atoms with Gasteiger partial charge in [-0.05, 0) is 55.9 Å². The second-order valence-electron chi connectivity index (χ2n) is 5.56. The molecule has 0 amide bonds. The molecule has 0 bridgehead atoms. The van der Waals surface area contributed by atoms with Gasteiger partial charge in [0.2, 0.25) is 0 Å². The monoisotopic (exact) mass is 262 g/mol. The molecule has 1 aliphatic carbocycles. The van der Waals surface area contributed by atoms with Gasteiger partial charge in [-0.2, -0.15) is 0 Å². The third-order valence-corrected chi connectivity index (χ3v) is 4.24. The molecular formula is C16H22O3. The Kier molecular flexibility index (Phi) is 3.83. The predicted molar refractivity (Wildman–Crippen MR) is 74.5 cm³/mol. The maximum Gasteiger partial charge on any atom is 0.312 e. The summed E-state index contributed by atoms with van der Waals surface area (Å²) in [5.41, 5.74) is 3.17. The van der Waals surface area contributed by atoms with Gasteiger partial charge in [0, 0.05) is 0 Å². The van der Waals surface area contributed by atoms with Gasteiger partial charge >= 0.3 is 5.97 Å². The lowest BCUT2D eigenvalue weighted by atomic mass is 9.65. The molecule has 0 unspecified atom stereocenters. The van der Waals surface area contributed by atoms with Crippen molar-refractivity contribution >= 4 is 5.97 Å². The summed E-state index contributed by atoms with van der Waals surface area (Å²) in [6, 6.07) is 4.17. The number of aryl methyl sites for hydroxylation is 2. The minimum atomic E-state index is -0.331. The van der Waals surface area contributed by atoms with Crippen LogP contribution < -0.4 is 4.74 Å². The van der Waals surface area contributed by atoms with Crippen molar-refractivity contribution < 1.29 is 14.3 Å². The van der Waals surface area contributed by atoms with Gasteiger partial charge < -0.3 is 9.47 Å². The van der Waals surface area contributed by atoms with Crippen LogP contribution in [0.3, 0.4) is 0 Å². The highest BCUT2D eigenvalue weighted by Crippen LogP contribution is 2.46. The molecule has 0 spiro atoms. The first kappa shape index (κ1) is 13.9. The molecule has 1 aromatic rings. The van der Waals surface area contributed by atoms with Crippen LogP contribution >= 0.6 is 0 Å². The van der Waals surface area contributed by atoms with Gasteiger partial charge in [-0.1, -0.05) is 12.5 Å². The quantitative estimate of drug-likeness (QED) is 0.782. The van der Waals surface area contributed by atoms with E-state index in [1.165, 1.54) is 18.2 Å². The number of hydrogen-bond donors (Lipinski definition) is 0. The lowest BCUT2D eigenvalue weighted by Crippen LogP contribution is -2.41. The Hall–Kier alpha value is -1.51. The van der Waals surface area contributed by atoms with Gasteiger partial charge in [-0.15, -0.1) is 0 Å². The molecule has 0 N–H and O–H groups in total. The number of methoxy groups -OCH3 is 2. The van der Waals surface area contributed by atoms with Crippen LogP contribution in [0.15, 0.2) is 12.1 Å². The molecule has 19 heavy (non-hydrogen) atoms. The number of ether oxygens (including phenoxy) is 2.